The maximum Gasteiger partial charge on any atom is 0.260 e. The number of ether oxygens (including phenoxy) is 1. The van der Waals surface area contributed by atoms with Gasteiger partial charge in [-0.05, 0) is 74.5 Å². The van der Waals surface area contributed by atoms with Gasteiger partial charge in [-0.25, -0.2) is 8.78 Å². The Balaban J connectivity index is 1.28. The molecule has 174 valence electrons. The number of hydrogen-bond acceptors (Lipinski definition) is 3. The Labute approximate surface area is 192 Å². The Kier molecular flexibility index (Phi) is 6.06. The lowest BCUT2D eigenvalue weighted by Gasteiger charge is -2.46. The minimum absolute atomic E-state index is 0.155. The molecule has 1 aliphatic heterocycles. The lowest BCUT2D eigenvalue weighted by molar-refractivity contribution is -0.130. The highest BCUT2D eigenvalue weighted by atomic mass is 19.1. The van der Waals surface area contributed by atoms with Crippen LogP contribution in [0.1, 0.15) is 37.7 Å². The quantitative estimate of drug-likeness (QED) is 0.514. The zero-order valence-electron chi connectivity index (χ0n) is 18.6. The molecule has 1 aliphatic carbocycles. The molecule has 0 saturated heterocycles. The fourth-order valence-corrected chi connectivity index (χ4v) is 5.20. The first-order chi connectivity index (χ1) is 16.0. The molecule has 0 bridgehead atoms. The second kappa shape index (κ2) is 9.14. The Morgan fingerprint density at radius 3 is 2.76 bits per heavy atom. The van der Waals surface area contributed by atoms with Gasteiger partial charge in [0.25, 0.3) is 5.91 Å². The molecule has 1 fully saturated rings. The average molecular weight is 454 g/mol. The summed E-state index contributed by atoms with van der Waals surface area (Å²) in [5.41, 5.74) is 7.51. The predicted molar refractivity (Wildman–Crippen MR) is 123 cm³/mol. The van der Waals surface area contributed by atoms with Crippen molar-refractivity contribution in [1.29, 1.82) is 0 Å². The summed E-state index contributed by atoms with van der Waals surface area (Å²) in [4.78, 5) is 14.6. The van der Waals surface area contributed by atoms with Crippen molar-refractivity contribution in [3.8, 4) is 5.75 Å². The van der Waals surface area contributed by atoms with Crippen LogP contribution in [0.3, 0.4) is 0 Å². The molecule has 5 nitrogen and oxygen atoms in total. The molecule has 3 aromatic rings. The Hall–Kier alpha value is -2.93. The van der Waals surface area contributed by atoms with E-state index in [9.17, 15) is 13.6 Å². The summed E-state index contributed by atoms with van der Waals surface area (Å²) in [5.74, 6) is -1.07. The Morgan fingerprint density at radius 2 is 2.00 bits per heavy atom. The van der Waals surface area contributed by atoms with E-state index < -0.39 is 17.8 Å². The number of primary amides is 1. The molecular formula is C26H29F2N3O2. The molecule has 0 spiro atoms. The molecule has 1 aromatic heterocycles. The molecule has 2 heterocycles. The summed E-state index contributed by atoms with van der Waals surface area (Å²) in [6.07, 6.45) is 6.92. The van der Waals surface area contributed by atoms with Crippen LogP contribution in [-0.4, -0.2) is 40.1 Å². The highest BCUT2D eigenvalue weighted by Crippen LogP contribution is 2.36. The third-order valence-corrected chi connectivity index (χ3v) is 7.12. The number of benzene rings is 2. The van der Waals surface area contributed by atoms with Crippen LogP contribution in [0.15, 0.2) is 48.7 Å². The molecular weight excluding hydrogens is 424 g/mol. The molecule has 7 heteroatoms. The van der Waals surface area contributed by atoms with Crippen molar-refractivity contribution in [3.63, 3.8) is 0 Å². The zero-order valence-corrected chi connectivity index (χ0v) is 18.6. The Bertz CT molecular complexity index is 1160. The minimum atomic E-state index is -0.863. The number of para-hydroxylation sites is 1. The van der Waals surface area contributed by atoms with Gasteiger partial charge in [0.2, 0.25) is 0 Å². The van der Waals surface area contributed by atoms with E-state index in [4.69, 9.17) is 10.5 Å². The number of unbranched alkanes of at least 4 members (excludes halogenated alkanes) is 1. The smallest absolute Gasteiger partial charge is 0.260 e. The van der Waals surface area contributed by atoms with Gasteiger partial charge < -0.3 is 15.0 Å². The van der Waals surface area contributed by atoms with Gasteiger partial charge in [0.05, 0.1) is 6.04 Å². The van der Waals surface area contributed by atoms with Crippen molar-refractivity contribution in [2.24, 2.45) is 5.73 Å². The summed E-state index contributed by atoms with van der Waals surface area (Å²) in [6, 6.07) is 11.9. The normalized spacial score (nSPS) is 20.5. The number of aryl methyl sites for hydroxylation is 1. The SMILES string of the molecule is NC(=O)C1Oc2c(F)cccc2CC1N(CCCCn1ccc2cc(F)ccc21)C1CCC1. The fourth-order valence-electron chi connectivity index (χ4n) is 5.20. The van der Waals surface area contributed by atoms with E-state index in [1.165, 1.54) is 18.6 Å². The molecule has 2 aliphatic rings. The number of carbonyl (C=O) groups is 1. The van der Waals surface area contributed by atoms with Gasteiger partial charge in [-0.15, -0.1) is 0 Å². The van der Waals surface area contributed by atoms with Gasteiger partial charge in [0.1, 0.15) is 5.82 Å². The van der Waals surface area contributed by atoms with E-state index in [1.54, 1.807) is 12.1 Å². The molecule has 1 saturated carbocycles. The van der Waals surface area contributed by atoms with E-state index in [2.05, 4.69) is 9.47 Å². The summed E-state index contributed by atoms with van der Waals surface area (Å²) in [6.45, 7) is 1.66. The van der Waals surface area contributed by atoms with Crippen LogP contribution in [0, 0.1) is 11.6 Å². The first-order valence-electron chi connectivity index (χ1n) is 11.7. The van der Waals surface area contributed by atoms with Crippen molar-refractivity contribution < 1.29 is 18.3 Å². The van der Waals surface area contributed by atoms with Crippen LogP contribution in [0.25, 0.3) is 10.9 Å². The minimum Gasteiger partial charge on any atom is -0.476 e. The number of rotatable bonds is 8. The van der Waals surface area contributed by atoms with Crippen molar-refractivity contribution in [2.45, 2.75) is 63.3 Å². The second-order valence-corrected chi connectivity index (χ2v) is 9.18. The molecule has 0 radical (unpaired) electrons. The van der Waals surface area contributed by atoms with E-state index in [0.717, 1.165) is 55.2 Å². The van der Waals surface area contributed by atoms with Gasteiger partial charge in [-0.1, -0.05) is 18.6 Å². The molecule has 2 aromatic carbocycles. The van der Waals surface area contributed by atoms with Gasteiger partial charge in [0, 0.05) is 29.7 Å². The van der Waals surface area contributed by atoms with Gasteiger partial charge in [0.15, 0.2) is 17.7 Å². The number of carbonyl (C=O) groups excluding carboxylic acids is 1. The van der Waals surface area contributed by atoms with Gasteiger partial charge >= 0.3 is 0 Å². The number of fused-ring (bicyclic) bond motifs is 2. The highest BCUT2D eigenvalue weighted by Gasteiger charge is 2.42. The third kappa shape index (κ3) is 4.34. The average Bonchev–Trinajstić information content (AvgIpc) is 3.15. The standard InChI is InChI=1S/C26H29F2N3O2/c27-19-9-10-22-17(15-19)11-14-30(22)12-1-2-13-31(20-6-4-7-20)23-16-18-5-3-8-21(28)24(18)33-25(23)26(29)32/h3,5,8-11,14-15,20,23,25H,1-2,4,6-7,12-13,16H2,(H2,29,32). The molecule has 2 unspecified atom stereocenters. The van der Waals surface area contributed by atoms with Crippen LogP contribution in [-0.2, 0) is 17.8 Å². The van der Waals surface area contributed by atoms with Crippen molar-refractivity contribution in [1.82, 2.24) is 9.47 Å². The third-order valence-electron chi connectivity index (χ3n) is 7.12. The van der Waals surface area contributed by atoms with Crippen LogP contribution in [0.4, 0.5) is 8.78 Å². The maximum absolute atomic E-state index is 14.3. The summed E-state index contributed by atoms with van der Waals surface area (Å²) in [7, 11) is 0. The number of amides is 1. The summed E-state index contributed by atoms with van der Waals surface area (Å²) >= 11 is 0. The topological polar surface area (TPSA) is 60.5 Å². The van der Waals surface area contributed by atoms with E-state index in [0.29, 0.717) is 12.5 Å². The van der Waals surface area contributed by atoms with Crippen molar-refractivity contribution >= 4 is 16.8 Å². The summed E-state index contributed by atoms with van der Waals surface area (Å²) in [5, 5.41) is 0.903. The molecule has 1 amide bonds. The van der Waals surface area contributed by atoms with Crippen LogP contribution < -0.4 is 10.5 Å². The number of aromatic nitrogens is 1. The fraction of sp³-hybridized carbons (Fsp3) is 0.423. The second-order valence-electron chi connectivity index (χ2n) is 9.18. The van der Waals surface area contributed by atoms with E-state index in [1.807, 2.05) is 24.4 Å². The van der Waals surface area contributed by atoms with Gasteiger partial charge in [-0.2, -0.15) is 0 Å². The van der Waals surface area contributed by atoms with Crippen LogP contribution in [0.2, 0.25) is 0 Å². The summed E-state index contributed by atoms with van der Waals surface area (Å²) < 4.78 is 35.7. The monoisotopic (exact) mass is 453 g/mol. The molecule has 33 heavy (non-hydrogen) atoms. The largest absolute Gasteiger partial charge is 0.476 e. The number of halogens is 2. The van der Waals surface area contributed by atoms with Crippen molar-refractivity contribution in [2.75, 3.05) is 6.54 Å². The lowest BCUT2D eigenvalue weighted by atomic mass is 9.86. The first-order valence-corrected chi connectivity index (χ1v) is 11.7. The lowest BCUT2D eigenvalue weighted by Crippen LogP contribution is -2.59. The first kappa shape index (κ1) is 21.9. The number of hydrogen-bond donors (Lipinski definition) is 1. The zero-order chi connectivity index (χ0) is 22.9. The number of nitrogens with zero attached hydrogens (tertiary/aromatic N) is 2. The van der Waals surface area contributed by atoms with Gasteiger partial charge in [-0.3, -0.25) is 9.69 Å². The predicted octanol–water partition coefficient (Wildman–Crippen LogP) is 4.41. The Morgan fingerprint density at radius 1 is 1.15 bits per heavy atom. The molecule has 5 rings (SSSR count). The number of nitrogens with two attached hydrogens (primary N) is 1. The maximum atomic E-state index is 14.3. The molecule has 2 N–H and O–H groups in total. The van der Waals surface area contributed by atoms with Crippen molar-refractivity contribution in [3.05, 3.63) is 65.9 Å². The van der Waals surface area contributed by atoms with E-state index >= 15 is 0 Å². The van der Waals surface area contributed by atoms with E-state index in [-0.39, 0.29) is 17.6 Å². The molecule has 2 atom stereocenters. The van der Waals surface area contributed by atoms with Crippen LogP contribution >= 0.6 is 0 Å². The highest BCUT2D eigenvalue weighted by molar-refractivity contribution is 5.81. The van der Waals surface area contributed by atoms with Crippen LogP contribution in [0.5, 0.6) is 5.75 Å².